The van der Waals surface area contributed by atoms with E-state index >= 15 is 0 Å². The Morgan fingerprint density at radius 3 is 2.38 bits per heavy atom. The van der Waals surface area contributed by atoms with Gasteiger partial charge in [-0.25, -0.2) is 0 Å². The first-order valence-electron chi connectivity index (χ1n) is 7.19. The molecule has 2 N–H and O–H groups in total. The molecular weight excluding hydrogens is 268 g/mol. The Balaban J connectivity index is 2.54. The highest BCUT2D eigenvalue weighted by atomic mass is 16.5. The summed E-state index contributed by atoms with van der Waals surface area (Å²) in [6.07, 6.45) is 0.751. The van der Waals surface area contributed by atoms with E-state index < -0.39 is 0 Å². The SMILES string of the molecule is CN[C@H](C(=O)NCCc1ccc(OC)c(OC)c1)C(C)C. The van der Waals surface area contributed by atoms with Gasteiger partial charge in [0.25, 0.3) is 0 Å². The van der Waals surface area contributed by atoms with Crippen LogP contribution in [-0.4, -0.2) is 39.8 Å². The summed E-state index contributed by atoms with van der Waals surface area (Å²) in [5, 5.41) is 5.99. The number of hydrogen-bond donors (Lipinski definition) is 2. The molecule has 1 atom stereocenters. The lowest BCUT2D eigenvalue weighted by Crippen LogP contribution is -2.46. The van der Waals surface area contributed by atoms with Crippen LogP contribution >= 0.6 is 0 Å². The van der Waals surface area contributed by atoms with Gasteiger partial charge in [-0.05, 0) is 37.1 Å². The minimum absolute atomic E-state index is 0.0352. The molecule has 0 aliphatic heterocycles. The third kappa shape index (κ3) is 4.93. The molecule has 0 heterocycles. The fraction of sp³-hybridized carbons (Fsp3) is 0.562. The van der Waals surface area contributed by atoms with Crippen molar-refractivity contribution in [3.05, 3.63) is 23.8 Å². The maximum absolute atomic E-state index is 12.0. The van der Waals surface area contributed by atoms with Gasteiger partial charge in [0.1, 0.15) is 0 Å². The molecule has 5 heteroatoms. The van der Waals surface area contributed by atoms with Gasteiger partial charge in [0.2, 0.25) is 5.91 Å². The van der Waals surface area contributed by atoms with E-state index in [1.54, 1.807) is 21.3 Å². The molecule has 21 heavy (non-hydrogen) atoms. The highest BCUT2D eigenvalue weighted by molar-refractivity contribution is 5.81. The molecule has 1 amide bonds. The van der Waals surface area contributed by atoms with E-state index in [1.807, 2.05) is 32.0 Å². The fourth-order valence-corrected chi connectivity index (χ4v) is 2.24. The average Bonchev–Trinajstić information content (AvgIpc) is 2.47. The quantitative estimate of drug-likeness (QED) is 0.765. The molecule has 0 radical (unpaired) electrons. The second kappa shape index (κ2) is 8.52. The number of amides is 1. The van der Waals surface area contributed by atoms with Crippen molar-refractivity contribution in [2.75, 3.05) is 27.8 Å². The normalized spacial score (nSPS) is 12.1. The van der Waals surface area contributed by atoms with Gasteiger partial charge in [0.05, 0.1) is 20.3 Å². The summed E-state index contributed by atoms with van der Waals surface area (Å²) < 4.78 is 10.5. The van der Waals surface area contributed by atoms with E-state index in [2.05, 4.69) is 10.6 Å². The number of benzene rings is 1. The van der Waals surface area contributed by atoms with E-state index in [-0.39, 0.29) is 17.9 Å². The topological polar surface area (TPSA) is 59.6 Å². The predicted octanol–water partition coefficient (Wildman–Crippen LogP) is 1.61. The van der Waals surface area contributed by atoms with Crippen LogP contribution in [0.3, 0.4) is 0 Å². The van der Waals surface area contributed by atoms with E-state index in [0.717, 1.165) is 12.0 Å². The van der Waals surface area contributed by atoms with E-state index in [1.165, 1.54) is 0 Å². The number of hydrogen-bond acceptors (Lipinski definition) is 4. The average molecular weight is 294 g/mol. The summed E-state index contributed by atoms with van der Waals surface area (Å²) in [4.78, 5) is 12.0. The highest BCUT2D eigenvalue weighted by Gasteiger charge is 2.19. The lowest BCUT2D eigenvalue weighted by Gasteiger charge is -2.19. The fourth-order valence-electron chi connectivity index (χ4n) is 2.24. The zero-order chi connectivity index (χ0) is 15.8. The lowest BCUT2D eigenvalue weighted by atomic mass is 10.0. The molecule has 0 aliphatic rings. The zero-order valence-electron chi connectivity index (χ0n) is 13.5. The standard InChI is InChI=1S/C16H26N2O3/c1-11(2)15(17-3)16(19)18-9-8-12-6-7-13(20-4)14(10-12)21-5/h6-7,10-11,15,17H,8-9H2,1-5H3,(H,18,19)/t15-/m0/s1. The zero-order valence-corrected chi connectivity index (χ0v) is 13.5. The third-order valence-corrected chi connectivity index (χ3v) is 3.42. The summed E-state index contributed by atoms with van der Waals surface area (Å²) in [6, 6.07) is 5.63. The Hall–Kier alpha value is -1.75. The van der Waals surface area contributed by atoms with Gasteiger partial charge in [-0.3, -0.25) is 4.79 Å². The van der Waals surface area contributed by atoms with Crippen LogP contribution < -0.4 is 20.1 Å². The largest absolute Gasteiger partial charge is 0.493 e. The number of methoxy groups -OCH3 is 2. The Morgan fingerprint density at radius 1 is 1.19 bits per heavy atom. The van der Waals surface area contributed by atoms with Crippen LogP contribution in [0.25, 0.3) is 0 Å². The first kappa shape index (κ1) is 17.3. The first-order valence-corrected chi connectivity index (χ1v) is 7.19. The summed E-state index contributed by atoms with van der Waals surface area (Å²) in [5.41, 5.74) is 1.10. The maximum Gasteiger partial charge on any atom is 0.237 e. The Bertz CT molecular complexity index is 461. The van der Waals surface area contributed by atoms with Crippen LogP contribution in [0.2, 0.25) is 0 Å². The van der Waals surface area contributed by atoms with Crippen LogP contribution in [0.5, 0.6) is 11.5 Å². The molecule has 0 fully saturated rings. The van der Waals surface area contributed by atoms with Crippen LogP contribution in [0.15, 0.2) is 18.2 Å². The van der Waals surface area contributed by atoms with Gasteiger partial charge in [-0.2, -0.15) is 0 Å². The number of carbonyl (C=O) groups excluding carboxylic acids is 1. The molecule has 0 aliphatic carbocycles. The summed E-state index contributed by atoms with van der Waals surface area (Å²) in [6.45, 7) is 4.64. The van der Waals surface area contributed by atoms with Crippen molar-refractivity contribution in [3.8, 4) is 11.5 Å². The van der Waals surface area contributed by atoms with Gasteiger partial charge in [-0.1, -0.05) is 19.9 Å². The molecule has 1 aromatic rings. The van der Waals surface area contributed by atoms with Gasteiger partial charge in [0.15, 0.2) is 11.5 Å². The van der Waals surface area contributed by atoms with E-state index in [0.29, 0.717) is 18.0 Å². The van der Waals surface area contributed by atoms with Crippen molar-refractivity contribution < 1.29 is 14.3 Å². The van der Waals surface area contributed by atoms with Crippen molar-refractivity contribution in [1.82, 2.24) is 10.6 Å². The predicted molar refractivity (Wildman–Crippen MR) is 83.9 cm³/mol. The molecule has 1 rings (SSSR count). The molecule has 0 saturated heterocycles. The molecule has 5 nitrogen and oxygen atoms in total. The molecule has 1 aromatic carbocycles. The second-order valence-corrected chi connectivity index (χ2v) is 5.24. The number of rotatable bonds is 8. The van der Waals surface area contributed by atoms with Crippen molar-refractivity contribution in [2.45, 2.75) is 26.3 Å². The summed E-state index contributed by atoms with van der Waals surface area (Å²) in [7, 11) is 5.03. The van der Waals surface area contributed by atoms with Crippen molar-refractivity contribution >= 4 is 5.91 Å². The molecule has 0 bridgehead atoms. The number of ether oxygens (including phenoxy) is 2. The first-order chi connectivity index (χ1) is 10.0. The lowest BCUT2D eigenvalue weighted by molar-refractivity contribution is -0.123. The molecule has 0 aromatic heterocycles. The van der Waals surface area contributed by atoms with Gasteiger partial charge in [-0.15, -0.1) is 0 Å². The summed E-state index contributed by atoms with van der Waals surface area (Å²) >= 11 is 0. The van der Waals surface area contributed by atoms with Crippen molar-refractivity contribution in [1.29, 1.82) is 0 Å². The van der Waals surface area contributed by atoms with Crippen LogP contribution in [-0.2, 0) is 11.2 Å². The Morgan fingerprint density at radius 2 is 1.86 bits per heavy atom. The van der Waals surface area contributed by atoms with E-state index in [4.69, 9.17) is 9.47 Å². The third-order valence-electron chi connectivity index (χ3n) is 3.42. The smallest absolute Gasteiger partial charge is 0.237 e. The number of nitrogens with one attached hydrogen (secondary N) is 2. The van der Waals surface area contributed by atoms with Crippen molar-refractivity contribution in [2.24, 2.45) is 5.92 Å². The number of carbonyl (C=O) groups is 1. The minimum Gasteiger partial charge on any atom is -0.493 e. The Kier molecular flexibility index (Phi) is 7.02. The van der Waals surface area contributed by atoms with Gasteiger partial charge in [0, 0.05) is 6.54 Å². The molecular formula is C16H26N2O3. The van der Waals surface area contributed by atoms with Gasteiger partial charge < -0.3 is 20.1 Å². The second-order valence-electron chi connectivity index (χ2n) is 5.24. The van der Waals surface area contributed by atoms with Crippen molar-refractivity contribution in [3.63, 3.8) is 0 Å². The number of likely N-dealkylation sites (N-methyl/N-ethyl adjacent to an activating group) is 1. The highest BCUT2D eigenvalue weighted by Crippen LogP contribution is 2.27. The van der Waals surface area contributed by atoms with Crippen LogP contribution in [0.4, 0.5) is 0 Å². The van der Waals surface area contributed by atoms with Gasteiger partial charge >= 0.3 is 0 Å². The maximum atomic E-state index is 12.0. The van der Waals surface area contributed by atoms with Crippen LogP contribution in [0.1, 0.15) is 19.4 Å². The van der Waals surface area contributed by atoms with E-state index in [9.17, 15) is 4.79 Å². The molecule has 0 spiro atoms. The monoisotopic (exact) mass is 294 g/mol. The summed E-state index contributed by atoms with van der Waals surface area (Å²) in [5.74, 6) is 1.71. The molecule has 0 saturated carbocycles. The molecule has 0 unspecified atom stereocenters. The molecule has 118 valence electrons. The van der Waals surface area contributed by atoms with Crippen LogP contribution in [0, 0.1) is 5.92 Å². The Labute approximate surface area is 127 Å². The minimum atomic E-state index is -0.157.